The Bertz CT molecular complexity index is 1590. The molecule has 0 aliphatic carbocycles. The molecular formula is C31H37N7O3. The van der Waals surface area contributed by atoms with E-state index >= 15 is 0 Å². The van der Waals surface area contributed by atoms with Crippen molar-refractivity contribution >= 4 is 39.8 Å². The predicted octanol–water partition coefficient (Wildman–Crippen LogP) is 4.93. The van der Waals surface area contributed by atoms with Gasteiger partial charge in [0.25, 0.3) is 0 Å². The molecule has 3 heterocycles. The molecule has 0 fully saturated rings. The van der Waals surface area contributed by atoms with Crippen LogP contribution in [-0.4, -0.2) is 73.3 Å². The molecule has 0 bridgehead atoms. The lowest BCUT2D eigenvalue weighted by Crippen LogP contribution is -2.29. The summed E-state index contributed by atoms with van der Waals surface area (Å²) in [4.78, 5) is 26.1. The predicted molar refractivity (Wildman–Crippen MR) is 165 cm³/mol. The van der Waals surface area contributed by atoms with E-state index in [0.29, 0.717) is 29.7 Å². The number of likely N-dealkylation sites (N-methyl/N-ethyl adjacent to an activating group) is 2. The van der Waals surface area contributed by atoms with Gasteiger partial charge in [0.05, 0.1) is 41.9 Å². The number of ether oxygens (including phenoxy) is 2. The maximum absolute atomic E-state index is 12.3. The van der Waals surface area contributed by atoms with Crippen LogP contribution < -0.4 is 25.0 Å². The highest BCUT2D eigenvalue weighted by Crippen LogP contribution is 2.40. The number of hydrogen-bond acceptors (Lipinski definition) is 8. The number of benzene rings is 2. The highest BCUT2D eigenvalue weighted by molar-refractivity contribution is 6.02. The zero-order valence-corrected chi connectivity index (χ0v) is 24.3. The number of rotatable bonds is 11. The summed E-state index contributed by atoms with van der Waals surface area (Å²) in [6.07, 6.45) is 6.06. The second kappa shape index (κ2) is 11.9. The number of hydrogen-bond donors (Lipinski definition) is 2. The molecule has 1 amide bonds. The van der Waals surface area contributed by atoms with Crippen molar-refractivity contribution in [2.45, 2.75) is 19.9 Å². The van der Waals surface area contributed by atoms with Crippen LogP contribution in [0, 0.1) is 0 Å². The molecule has 5 rings (SSSR count). The van der Waals surface area contributed by atoms with Crippen LogP contribution >= 0.6 is 0 Å². The number of amides is 1. The molecule has 0 atom stereocenters. The van der Waals surface area contributed by atoms with Gasteiger partial charge in [-0.05, 0) is 44.3 Å². The number of para-hydroxylation sites is 1. The van der Waals surface area contributed by atoms with Crippen LogP contribution in [0.1, 0.15) is 12.5 Å². The molecule has 2 aromatic carbocycles. The molecule has 10 nitrogen and oxygen atoms in total. The number of nitrogens with one attached hydrogen (secondary N) is 2. The van der Waals surface area contributed by atoms with Crippen molar-refractivity contribution in [3.63, 3.8) is 0 Å². The van der Waals surface area contributed by atoms with Crippen molar-refractivity contribution in [2.24, 2.45) is 0 Å². The van der Waals surface area contributed by atoms with Crippen molar-refractivity contribution in [3.05, 3.63) is 60.9 Å². The molecule has 214 valence electrons. The van der Waals surface area contributed by atoms with Gasteiger partial charge in [-0.2, -0.15) is 0 Å². The second-order valence-electron chi connectivity index (χ2n) is 10.3. The van der Waals surface area contributed by atoms with Crippen molar-refractivity contribution in [1.29, 1.82) is 0 Å². The minimum absolute atomic E-state index is 0.300. The van der Waals surface area contributed by atoms with E-state index in [1.54, 1.807) is 7.11 Å². The Hall–Kier alpha value is -4.57. The summed E-state index contributed by atoms with van der Waals surface area (Å²) in [6, 6.07) is 9.88. The van der Waals surface area contributed by atoms with Gasteiger partial charge >= 0.3 is 0 Å². The zero-order valence-electron chi connectivity index (χ0n) is 24.3. The van der Waals surface area contributed by atoms with Gasteiger partial charge in [-0.25, -0.2) is 9.97 Å². The zero-order chi connectivity index (χ0) is 29.1. The van der Waals surface area contributed by atoms with E-state index in [4.69, 9.17) is 14.5 Å². The molecule has 4 aromatic rings. The second-order valence-corrected chi connectivity index (χ2v) is 10.3. The smallest absolute Gasteiger partial charge is 0.247 e. The molecule has 0 spiro atoms. The number of aromatic nitrogens is 3. The van der Waals surface area contributed by atoms with Crippen LogP contribution in [0.3, 0.4) is 0 Å². The standard InChI is InChI=1S/C31H37N7O3/c1-7-20-18-32-31(35-29(20)22-19-38-14-15-41-26-11-9-10-21(22)30(26)38)34-24-16-23(33-28(39)8-2)25(17-27(24)40-6)37(5)13-12-36(3)4/h8-11,16-19H,2,7,12-15H2,1,3-6H3,(H,33,39)(H,32,34,35). The Morgan fingerprint density at radius 3 is 2.78 bits per heavy atom. The number of carbonyl (C=O) groups excluding carboxylic acids is 1. The molecule has 0 radical (unpaired) electrons. The Kier molecular flexibility index (Phi) is 8.11. The van der Waals surface area contributed by atoms with Gasteiger partial charge in [-0.3, -0.25) is 4.79 Å². The molecule has 41 heavy (non-hydrogen) atoms. The Labute approximate surface area is 240 Å². The molecule has 1 aliphatic heterocycles. The highest BCUT2D eigenvalue weighted by Gasteiger charge is 2.21. The SMILES string of the molecule is C=CC(=O)Nc1cc(Nc2ncc(CC)c(-c3cn4c5c(cccc35)OCC4)n2)c(OC)cc1N(C)CCN(C)C. The average molecular weight is 556 g/mol. The van der Waals surface area contributed by atoms with Crippen LogP contribution in [0.5, 0.6) is 11.5 Å². The van der Waals surface area contributed by atoms with Crippen LogP contribution in [0.15, 0.2) is 55.4 Å². The Morgan fingerprint density at radius 2 is 2.05 bits per heavy atom. The number of aryl methyl sites for hydroxylation is 1. The minimum Gasteiger partial charge on any atom is -0.494 e. The molecule has 10 heteroatoms. The number of carbonyl (C=O) groups is 1. The van der Waals surface area contributed by atoms with Crippen LogP contribution in [-0.2, 0) is 17.8 Å². The number of nitrogens with zero attached hydrogens (tertiary/aromatic N) is 5. The van der Waals surface area contributed by atoms with Gasteiger partial charge in [-0.1, -0.05) is 25.6 Å². The van der Waals surface area contributed by atoms with E-state index in [-0.39, 0.29) is 5.91 Å². The topological polar surface area (TPSA) is 96.8 Å². The lowest BCUT2D eigenvalue weighted by molar-refractivity contribution is -0.111. The van der Waals surface area contributed by atoms with Gasteiger partial charge in [0, 0.05) is 49.5 Å². The van der Waals surface area contributed by atoms with Gasteiger partial charge in [0.15, 0.2) is 0 Å². The van der Waals surface area contributed by atoms with E-state index in [2.05, 4.69) is 55.8 Å². The summed E-state index contributed by atoms with van der Waals surface area (Å²) in [5, 5.41) is 7.38. The van der Waals surface area contributed by atoms with E-state index in [0.717, 1.165) is 65.2 Å². The molecule has 0 unspecified atom stereocenters. The fourth-order valence-electron chi connectivity index (χ4n) is 5.05. The summed E-state index contributed by atoms with van der Waals surface area (Å²) >= 11 is 0. The lowest BCUT2D eigenvalue weighted by atomic mass is 10.0. The average Bonchev–Trinajstić information content (AvgIpc) is 3.36. The lowest BCUT2D eigenvalue weighted by Gasteiger charge is -2.26. The molecule has 2 N–H and O–H groups in total. The molecule has 2 aromatic heterocycles. The Balaban J connectivity index is 1.55. The molecule has 0 saturated heterocycles. The first-order valence-electron chi connectivity index (χ1n) is 13.7. The summed E-state index contributed by atoms with van der Waals surface area (Å²) in [6.45, 7) is 8.74. The first kappa shape index (κ1) is 28.0. The van der Waals surface area contributed by atoms with Gasteiger partial charge in [0.1, 0.15) is 18.1 Å². The van der Waals surface area contributed by atoms with Crippen molar-refractivity contribution in [2.75, 3.05) is 63.5 Å². The molecular weight excluding hydrogens is 518 g/mol. The summed E-state index contributed by atoms with van der Waals surface area (Å²) in [5.74, 6) is 1.61. The fourth-order valence-corrected chi connectivity index (χ4v) is 5.05. The normalized spacial score (nSPS) is 12.2. The number of anilines is 4. The minimum atomic E-state index is -0.300. The van der Waals surface area contributed by atoms with Crippen LogP contribution in [0.4, 0.5) is 23.0 Å². The Morgan fingerprint density at radius 1 is 1.22 bits per heavy atom. The number of methoxy groups -OCH3 is 1. The first-order chi connectivity index (χ1) is 19.8. The summed E-state index contributed by atoms with van der Waals surface area (Å²) in [5.41, 5.74) is 6.11. The monoisotopic (exact) mass is 555 g/mol. The van der Waals surface area contributed by atoms with E-state index < -0.39 is 0 Å². The quantitative estimate of drug-likeness (QED) is 0.252. The summed E-state index contributed by atoms with van der Waals surface area (Å²) in [7, 11) is 7.66. The van der Waals surface area contributed by atoms with Crippen molar-refractivity contribution in [1.82, 2.24) is 19.4 Å². The van der Waals surface area contributed by atoms with Crippen LogP contribution in [0.2, 0.25) is 0 Å². The largest absolute Gasteiger partial charge is 0.494 e. The third-order valence-corrected chi connectivity index (χ3v) is 7.25. The highest BCUT2D eigenvalue weighted by atomic mass is 16.5. The van der Waals surface area contributed by atoms with Crippen molar-refractivity contribution < 1.29 is 14.3 Å². The van der Waals surface area contributed by atoms with Crippen molar-refractivity contribution in [3.8, 4) is 22.8 Å². The van der Waals surface area contributed by atoms with Gasteiger partial charge in [-0.15, -0.1) is 0 Å². The van der Waals surface area contributed by atoms with E-state index in [9.17, 15) is 4.79 Å². The van der Waals surface area contributed by atoms with Crippen LogP contribution in [0.25, 0.3) is 22.2 Å². The summed E-state index contributed by atoms with van der Waals surface area (Å²) < 4.78 is 13.9. The third-order valence-electron chi connectivity index (χ3n) is 7.25. The molecule has 1 aliphatic rings. The van der Waals surface area contributed by atoms with Gasteiger partial charge in [0.2, 0.25) is 11.9 Å². The van der Waals surface area contributed by atoms with Gasteiger partial charge < -0.3 is 34.5 Å². The molecule has 0 saturated carbocycles. The van der Waals surface area contributed by atoms with E-state index in [1.807, 2.05) is 51.6 Å². The third kappa shape index (κ3) is 5.69. The first-order valence-corrected chi connectivity index (χ1v) is 13.7. The fraction of sp³-hybridized carbons (Fsp3) is 0.323. The van der Waals surface area contributed by atoms with E-state index in [1.165, 1.54) is 6.08 Å². The maximum Gasteiger partial charge on any atom is 0.247 e. The maximum atomic E-state index is 12.3.